The first kappa shape index (κ1) is 12.0. The van der Waals surface area contributed by atoms with Crippen molar-refractivity contribution in [3.05, 3.63) is 11.8 Å². The van der Waals surface area contributed by atoms with Gasteiger partial charge in [0.25, 0.3) is 0 Å². The second-order valence-electron chi connectivity index (χ2n) is 3.61. The molecule has 1 heterocycles. The normalized spacial score (nSPS) is 16.3. The van der Waals surface area contributed by atoms with Crippen LogP contribution in [0.25, 0.3) is 0 Å². The van der Waals surface area contributed by atoms with Gasteiger partial charge in [-0.2, -0.15) is 0 Å². The first-order valence-electron chi connectivity index (χ1n) is 5.24. The van der Waals surface area contributed by atoms with Gasteiger partial charge in [0.05, 0.1) is 0 Å². The van der Waals surface area contributed by atoms with Gasteiger partial charge in [0.15, 0.2) is 0 Å². The summed E-state index contributed by atoms with van der Waals surface area (Å²) in [7, 11) is 0. The average molecular weight is 214 g/mol. The second kappa shape index (κ2) is 5.73. The maximum Gasteiger partial charge on any atom is 0.239 e. The van der Waals surface area contributed by atoms with E-state index in [1.165, 1.54) is 0 Å². The van der Waals surface area contributed by atoms with Gasteiger partial charge in [-0.25, -0.2) is 8.78 Å². The van der Waals surface area contributed by atoms with E-state index in [1.54, 1.807) is 6.20 Å². The van der Waals surface area contributed by atoms with Crippen LogP contribution in [0.2, 0.25) is 0 Å². The van der Waals surface area contributed by atoms with Crippen LogP contribution in [0.1, 0.15) is 39.0 Å². The van der Waals surface area contributed by atoms with Gasteiger partial charge in [0.2, 0.25) is 6.43 Å². The number of allylic oxidation sites excluding steroid dienone is 1. The molecule has 1 aliphatic heterocycles. The van der Waals surface area contributed by atoms with Crippen LogP contribution in [0.5, 0.6) is 0 Å². The van der Waals surface area contributed by atoms with Crippen LogP contribution >= 0.6 is 0 Å². The Morgan fingerprint density at radius 2 is 2.27 bits per heavy atom. The lowest BCUT2D eigenvalue weighted by Gasteiger charge is -2.13. The Bertz CT molecular complexity index is 293. The maximum atomic E-state index is 11.9. The van der Waals surface area contributed by atoms with Crippen LogP contribution in [-0.2, 0) is 0 Å². The smallest absolute Gasteiger partial charge is 0.239 e. The fraction of sp³-hybridized carbons (Fsp3) is 0.636. The van der Waals surface area contributed by atoms with E-state index >= 15 is 0 Å². The average Bonchev–Trinajstić information content (AvgIpc) is 2.26. The van der Waals surface area contributed by atoms with Crippen molar-refractivity contribution in [3.8, 4) is 0 Å². The largest absolute Gasteiger partial charge is 0.305 e. The fourth-order valence-electron chi connectivity index (χ4n) is 1.49. The molecule has 15 heavy (non-hydrogen) atoms. The van der Waals surface area contributed by atoms with Crippen molar-refractivity contribution in [2.75, 3.05) is 0 Å². The highest BCUT2D eigenvalue weighted by Crippen LogP contribution is 2.18. The molecule has 0 radical (unpaired) electrons. The van der Waals surface area contributed by atoms with E-state index in [2.05, 4.69) is 4.99 Å². The molecule has 1 N–H and O–H groups in total. The lowest BCUT2D eigenvalue weighted by atomic mass is 9.98. The molecule has 1 rings (SSSR count). The van der Waals surface area contributed by atoms with Gasteiger partial charge in [0.1, 0.15) is 0 Å². The van der Waals surface area contributed by atoms with Gasteiger partial charge >= 0.3 is 0 Å². The van der Waals surface area contributed by atoms with E-state index in [-0.39, 0.29) is 12.8 Å². The zero-order valence-electron chi connectivity index (χ0n) is 8.89. The van der Waals surface area contributed by atoms with Crippen LogP contribution in [0, 0.1) is 5.41 Å². The number of rotatable bonds is 5. The summed E-state index contributed by atoms with van der Waals surface area (Å²) in [5.74, 6) is 0. The van der Waals surface area contributed by atoms with Gasteiger partial charge < -0.3 is 5.41 Å². The molecular weight excluding hydrogens is 198 g/mol. The van der Waals surface area contributed by atoms with Crippen molar-refractivity contribution in [3.63, 3.8) is 0 Å². The van der Waals surface area contributed by atoms with Gasteiger partial charge in [-0.15, -0.1) is 0 Å². The van der Waals surface area contributed by atoms with E-state index in [4.69, 9.17) is 5.41 Å². The molecule has 0 saturated carbocycles. The summed E-state index contributed by atoms with van der Waals surface area (Å²) in [6.07, 6.45) is 1.84. The Balaban J connectivity index is 2.48. The molecule has 0 aliphatic carbocycles. The molecule has 0 aromatic carbocycles. The number of aliphatic imine (C=N–C) groups is 1. The maximum absolute atomic E-state index is 11.9. The van der Waals surface area contributed by atoms with E-state index in [1.807, 2.05) is 6.92 Å². The van der Waals surface area contributed by atoms with Crippen LogP contribution in [0.4, 0.5) is 8.78 Å². The molecule has 0 fully saturated rings. The Hall–Kier alpha value is -1.06. The third-order valence-corrected chi connectivity index (χ3v) is 2.49. The molecule has 0 spiro atoms. The van der Waals surface area contributed by atoms with Crippen molar-refractivity contribution in [1.82, 2.24) is 0 Å². The standard InChI is InChI=1S/C11H16F2N2/c1-2-9-4-3-8(7-15-9)10(14)5-6-11(12)13/h7,11,14H,2-6H2,1H3. The molecule has 0 atom stereocenters. The van der Waals surface area contributed by atoms with Crippen LogP contribution in [-0.4, -0.2) is 17.8 Å². The molecule has 4 heteroatoms. The zero-order chi connectivity index (χ0) is 11.3. The summed E-state index contributed by atoms with van der Waals surface area (Å²) < 4.78 is 23.9. The monoisotopic (exact) mass is 214 g/mol. The number of hydrogen-bond donors (Lipinski definition) is 1. The number of alkyl halides is 2. The minimum atomic E-state index is -2.32. The predicted molar refractivity (Wildman–Crippen MR) is 58.0 cm³/mol. The van der Waals surface area contributed by atoms with Crippen LogP contribution in [0.15, 0.2) is 16.8 Å². The summed E-state index contributed by atoms with van der Waals surface area (Å²) in [4.78, 5) is 4.20. The highest BCUT2D eigenvalue weighted by molar-refractivity contribution is 5.99. The molecular formula is C11H16F2N2. The summed E-state index contributed by atoms with van der Waals surface area (Å²) in [6.45, 7) is 2.04. The molecule has 84 valence electrons. The van der Waals surface area contributed by atoms with E-state index in [9.17, 15) is 8.78 Å². The quantitative estimate of drug-likeness (QED) is 0.679. The molecule has 0 amide bonds. The first-order chi connectivity index (χ1) is 7.13. The third-order valence-electron chi connectivity index (χ3n) is 2.49. The predicted octanol–water partition coefficient (Wildman–Crippen LogP) is 3.58. The molecule has 0 aromatic heterocycles. The minimum Gasteiger partial charge on any atom is -0.305 e. The second-order valence-corrected chi connectivity index (χ2v) is 3.61. The van der Waals surface area contributed by atoms with Crippen molar-refractivity contribution in [2.45, 2.75) is 45.5 Å². The Morgan fingerprint density at radius 3 is 2.73 bits per heavy atom. The zero-order valence-corrected chi connectivity index (χ0v) is 8.89. The van der Waals surface area contributed by atoms with Gasteiger partial charge in [-0.1, -0.05) is 6.92 Å². The number of nitrogens with zero attached hydrogens (tertiary/aromatic N) is 1. The van der Waals surface area contributed by atoms with Gasteiger partial charge in [-0.05, 0) is 31.3 Å². The molecule has 2 nitrogen and oxygen atoms in total. The van der Waals surface area contributed by atoms with E-state index < -0.39 is 6.43 Å². The first-order valence-corrected chi connectivity index (χ1v) is 5.24. The highest BCUT2D eigenvalue weighted by Gasteiger charge is 2.12. The van der Waals surface area contributed by atoms with Crippen molar-refractivity contribution >= 4 is 11.4 Å². The number of nitrogens with one attached hydrogen (secondary N) is 1. The molecule has 0 saturated heterocycles. The van der Waals surface area contributed by atoms with E-state index in [0.717, 1.165) is 30.5 Å². The highest BCUT2D eigenvalue weighted by atomic mass is 19.3. The number of hydrogen-bond acceptors (Lipinski definition) is 2. The summed E-state index contributed by atoms with van der Waals surface area (Å²) in [5.41, 5.74) is 2.25. The van der Waals surface area contributed by atoms with Gasteiger partial charge in [-0.3, -0.25) is 4.99 Å². The Morgan fingerprint density at radius 1 is 1.53 bits per heavy atom. The number of halogens is 2. The SMILES string of the molecule is CCC1=NC=C(C(=N)CCC(F)F)CC1. The topological polar surface area (TPSA) is 36.2 Å². The fourth-order valence-corrected chi connectivity index (χ4v) is 1.49. The summed E-state index contributed by atoms with van der Waals surface area (Å²) in [5, 5.41) is 7.63. The Kier molecular flexibility index (Phi) is 4.59. The summed E-state index contributed by atoms with van der Waals surface area (Å²) >= 11 is 0. The van der Waals surface area contributed by atoms with Crippen LogP contribution in [0.3, 0.4) is 0 Å². The van der Waals surface area contributed by atoms with Gasteiger partial charge in [0, 0.05) is 24.0 Å². The lowest BCUT2D eigenvalue weighted by molar-refractivity contribution is 0.140. The molecule has 0 unspecified atom stereocenters. The lowest BCUT2D eigenvalue weighted by Crippen LogP contribution is -2.09. The van der Waals surface area contributed by atoms with Crippen molar-refractivity contribution in [2.24, 2.45) is 4.99 Å². The Labute approximate surface area is 88.6 Å². The molecule has 0 bridgehead atoms. The van der Waals surface area contributed by atoms with Crippen molar-refractivity contribution < 1.29 is 8.78 Å². The molecule has 1 aliphatic rings. The minimum absolute atomic E-state index is 0.153. The summed E-state index contributed by atoms with van der Waals surface area (Å²) in [6, 6.07) is 0. The van der Waals surface area contributed by atoms with Crippen LogP contribution < -0.4 is 0 Å². The third kappa shape index (κ3) is 3.90. The molecule has 0 aromatic rings. The van der Waals surface area contributed by atoms with Crippen molar-refractivity contribution in [1.29, 1.82) is 5.41 Å². The van der Waals surface area contributed by atoms with E-state index in [0.29, 0.717) is 5.71 Å².